The topological polar surface area (TPSA) is 35.2 Å². The first-order valence-corrected chi connectivity index (χ1v) is 5.34. The van der Waals surface area contributed by atoms with Crippen molar-refractivity contribution in [2.24, 2.45) is 5.73 Å². The van der Waals surface area contributed by atoms with Crippen LogP contribution in [-0.2, 0) is 11.3 Å². The lowest BCUT2D eigenvalue weighted by atomic mass is 9.90. The molecular formula is C11H13ClFNO. The van der Waals surface area contributed by atoms with Crippen molar-refractivity contribution in [1.29, 1.82) is 0 Å². The average molecular weight is 230 g/mol. The summed E-state index contributed by atoms with van der Waals surface area (Å²) < 4.78 is 18.4. The second-order valence-electron chi connectivity index (χ2n) is 3.91. The monoisotopic (exact) mass is 229 g/mol. The zero-order chi connectivity index (χ0) is 10.8. The minimum atomic E-state index is -0.397. The molecule has 1 aromatic rings. The van der Waals surface area contributed by atoms with Crippen molar-refractivity contribution in [3.8, 4) is 0 Å². The number of hydrogen-bond donors (Lipinski definition) is 1. The molecule has 0 radical (unpaired) electrons. The van der Waals surface area contributed by atoms with Gasteiger partial charge in [-0.15, -0.1) is 0 Å². The fourth-order valence-electron chi connectivity index (χ4n) is 1.59. The van der Waals surface area contributed by atoms with Gasteiger partial charge in [0.25, 0.3) is 0 Å². The van der Waals surface area contributed by atoms with Gasteiger partial charge in [0.1, 0.15) is 5.82 Å². The first-order chi connectivity index (χ1) is 7.15. The van der Waals surface area contributed by atoms with E-state index in [4.69, 9.17) is 22.1 Å². The molecule has 1 aliphatic rings. The average Bonchev–Trinajstić information content (AvgIpc) is 2.16. The van der Waals surface area contributed by atoms with Gasteiger partial charge in [0, 0.05) is 6.04 Å². The highest BCUT2D eigenvalue weighted by molar-refractivity contribution is 6.30. The Morgan fingerprint density at radius 3 is 2.80 bits per heavy atom. The molecule has 2 N–H and O–H groups in total. The van der Waals surface area contributed by atoms with E-state index in [0.29, 0.717) is 6.61 Å². The molecule has 1 aromatic carbocycles. The smallest absolute Gasteiger partial charge is 0.141 e. The van der Waals surface area contributed by atoms with Crippen LogP contribution in [0.5, 0.6) is 0 Å². The molecule has 1 fully saturated rings. The predicted octanol–water partition coefficient (Wildman–Crippen LogP) is 2.49. The maximum absolute atomic E-state index is 12.8. The Morgan fingerprint density at radius 1 is 1.47 bits per heavy atom. The van der Waals surface area contributed by atoms with Gasteiger partial charge < -0.3 is 10.5 Å². The van der Waals surface area contributed by atoms with E-state index in [0.717, 1.165) is 18.4 Å². The molecule has 1 aliphatic carbocycles. The Labute approximate surface area is 93.2 Å². The Balaban J connectivity index is 1.86. The van der Waals surface area contributed by atoms with Gasteiger partial charge in [-0.05, 0) is 30.5 Å². The number of ether oxygens (including phenoxy) is 1. The molecule has 4 heteroatoms. The molecule has 0 heterocycles. The number of rotatable bonds is 3. The van der Waals surface area contributed by atoms with E-state index in [1.54, 1.807) is 12.1 Å². The largest absolute Gasteiger partial charge is 0.373 e. The second kappa shape index (κ2) is 4.47. The molecule has 0 unspecified atom stereocenters. The normalized spacial score (nSPS) is 25.0. The van der Waals surface area contributed by atoms with Crippen molar-refractivity contribution in [3.05, 3.63) is 34.6 Å². The van der Waals surface area contributed by atoms with Crippen molar-refractivity contribution in [1.82, 2.24) is 0 Å². The molecule has 0 bridgehead atoms. The molecule has 82 valence electrons. The van der Waals surface area contributed by atoms with Crippen molar-refractivity contribution < 1.29 is 9.13 Å². The van der Waals surface area contributed by atoms with Gasteiger partial charge in [0.15, 0.2) is 0 Å². The Morgan fingerprint density at radius 2 is 2.20 bits per heavy atom. The lowest BCUT2D eigenvalue weighted by molar-refractivity contribution is -0.0188. The van der Waals surface area contributed by atoms with E-state index >= 15 is 0 Å². The van der Waals surface area contributed by atoms with E-state index in [-0.39, 0.29) is 17.2 Å². The van der Waals surface area contributed by atoms with Gasteiger partial charge in [0.05, 0.1) is 17.7 Å². The summed E-state index contributed by atoms with van der Waals surface area (Å²) in [7, 11) is 0. The molecule has 2 nitrogen and oxygen atoms in total. The minimum absolute atomic E-state index is 0.140. The summed E-state index contributed by atoms with van der Waals surface area (Å²) in [5, 5.41) is 0.140. The van der Waals surface area contributed by atoms with Gasteiger partial charge in [-0.1, -0.05) is 17.7 Å². The van der Waals surface area contributed by atoms with E-state index in [9.17, 15) is 4.39 Å². The predicted molar refractivity (Wildman–Crippen MR) is 57.2 cm³/mol. The summed E-state index contributed by atoms with van der Waals surface area (Å²) in [4.78, 5) is 0. The number of benzene rings is 1. The summed E-state index contributed by atoms with van der Waals surface area (Å²) in [6, 6.07) is 4.91. The second-order valence-corrected chi connectivity index (χ2v) is 4.32. The van der Waals surface area contributed by atoms with Crippen LogP contribution < -0.4 is 5.73 Å². The zero-order valence-corrected chi connectivity index (χ0v) is 9.01. The lowest BCUT2D eigenvalue weighted by Gasteiger charge is -2.32. The standard InChI is InChI=1S/C11H13ClFNO/c12-10-3-7(1-2-11(10)13)6-15-9-4-8(14)5-9/h1-3,8-9H,4-6,14H2. The molecule has 0 spiro atoms. The maximum Gasteiger partial charge on any atom is 0.141 e. The zero-order valence-electron chi connectivity index (χ0n) is 8.25. The van der Waals surface area contributed by atoms with Gasteiger partial charge in [-0.2, -0.15) is 0 Å². The highest BCUT2D eigenvalue weighted by Gasteiger charge is 2.26. The lowest BCUT2D eigenvalue weighted by Crippen LogP contribution is -2.41. The SMILES string of the molecule is NC1CC(OCc2ccc(F)c(Cl)c2)C1. The molecule has 1 saturated carbocycles. The van der Waals surface area contributed by atoms with Crippen molar-refractivity contribution in [2.75, 3.05) is 0 Å². The number of hydrogen-bond acceptors (Lipinski definition) is 2. The first-order valence-electron chi connectivity index (χ1n) is 4.96. The highest BCUT2D eigenvalue weighted by Crippen LogP contribution is 2.23. The van der Waals surface area contributed by atoms with Gasteiger partial charge in [-0.3, -0.25) is 0 Å². The third-order valence-electron chi connectivity index (χ3n) is 2.60. The van der Waals surface area contributed by atoms with Crippen LogP contribution in [0, 0.1) is 5.82 Å². The Hall–Kier alpha value is -0.640. The fraction of sp³-hybridized carbons (Fsp3) is 0.455. The van der Waals surface area contributed by atoms with Gasteiger partial charge >= 0.3 is 0 Å². The fourth-order valence-corrected chi connectivity index (χ4v) is 1.79. The number of halogens is 2. The van der Waals surface area contributed by atoms with Crippen LogP contribution in [-0.4, -0.2) is 12.1 Å². The van der Waals surface area contributed by atoms with Crippen LogP contribution in [0.1, 0.15) is 18.4 Å². The van der Waals surface area contributed by atoms with Crippen molar-refractivity contribution in [2.45, 2.75) is 31.6 Å². The van der Waals surface area contributed by atoms with Crippen molar-refractivity contribution >= 4 is 11.6 Å². The van der Waals surface area contributed by atoms with E-state index < -0.39 is 5.82 Å². The van der Waals surface area contributed by atoms with Crippen LogP contribution in [0.4, 0.5) is 4.39 Å². The summed E-state index contributed by atoms with van der Waals surface area (Å²) in [6.45, 7) is 0.470. The highest BCUT2D eigenvalue weighted by atomic mass is 35.5. The summed E-state index contributed by atoms with van der Waals surface area (Å²) in [6.07, 6.45) is 2.08. The van der Waals surface area contributed by atoms with Gasteiger partial charge in [0.2, 0.25) is 0 Å². The Kier molecular flexibility index (Phi) is 3.24. The van der Waals surface area contributed by atoms with E-state index in [1.807, 2.05) is 0 Å². The first kappa shape index (κ1) is 10.9. The quantitative estimate of drug-likeness (QED) is 0.864. The minimum Gasteiger partial charge on any atom is -0.373 e. The summed E-state index contributed by atoms with van der Waals surface area (Å²) >= 11 is 5.65. The van der Waals surface area contributed by atoms with Crippen LogP contribution in [0.25, 0.3) is 0 Å². The van der Waals surface area contributed by atoms with Crippen LogP contribution in [0.2, 0.25) is 5.02 Å². The van der Waals surface area contributed by atoms with Crippen molar-refractivity contribution in [3.63, 3.8) is 0 Å². The summed E-state index contributed by atoms with van der Waals surface area (Å²) in [5.41, 5.74) is 6.52. The Bertz CT molecular complexity index is 352. The molecular weight excluding hydrogens is 217 g/mol. The van der Waals surface area contributed by atoms with Crippen LogP contribution in [0.15, 0.2) is 18.2 Å². The molecule has 0 aromatic heterocycles. The van der Waals surface area contributed by atoms with E-state index in [1.165, 1.54) is 6.07 Å². The molecule has 0 atom stereocenters. The maximum atomic E-state index is 12.8. The third kappa shape index (κ3) is 2.68. The molecule has 15 heavy (non-hydrogen) atoms. The molecule has 2 rings (SSSR count). The third-order valence-corrected chi connectivity index (χ3v) is 2.89. The number of nitrogens with two attached hydrogens (primary N) is 1. The van der Waals surface area contributed by atoms with Crippen LogP contribution in [0.3, 0.4) is 0 Å². The molecule has 0 aliphatic heterocycles. The summed E-state index contributed by atoms with van der Waals surface area (Å²) in [5.74, 6) is -0.397. The van der Waals surface area contributed by atoms with Gasteiger partial charge in [-0.25, -0.2) is 4.39 Å². The molecule has 0 amide bonds. The van der Waals surface area contributed by atoms with Crippen LogP contribution >= 0.6 is 11.6 Å². The molecule has 0 saturated heterocycles. The van der Waals surface area contributed by atoms with E-state index in [2.05, 4.69) is 0 Å².